The van der Waals surface area contributed by atoms with Gasteiger partial charge in [-0.2, -0.15) is 0 Å². The number of rotatable bonds is 4. The number of hydrogen-bond donors (Lipinski definition) is 0. The van der Waals surface area contributed by atoms with Gasteiger partial charge in [-0.05, 0) is 55.3 Å². The maximum atomic E-state index is 12.7. The van der Waals surface area contributed by atoms with Gasteiger partial charge in [0.25, 0.3) is 11.8 Å². The molecule has 2 aromatic carbocycles. The minimum Gasteiger partial charge on any atom is -0.484 e. The highest BCUT2D eigenvalue weighted by molar-refractivity contribution is 5.95. The normalized spacial score (nSPS) is 15.4. The van der Waals surface area contributed by atoms with Crippen LogP contribution in [0.25, 0.3) is 0 Å². The molecule has 0 saturated carbocycles. The Labute approximate surface area is 169 Å². The topological polar surface area (TPSA) is 68.3 Å². The van der Waals surface area contributed by atoms with Gasteiger partial charge in [-0.25, -0.2) is 0 Å². The highest BCUT2D eigenvalue weighted by Crippen LogP contribution is 2.32. The first-order chi connectivity index (χ1) is 14.0. The van der Waals surface area contributed by atoms with Crippen molar-refractivity contribution in [1.29, 1.82) is 0 Å². The molecule has 0 aliphatic carbocycles. The van der Waals surface area contributed by atoms with Crippen molar-refractivity contribution in [2.24, 2.45) is 0 Å². The molecule has 7 heteroatoms. The van der Waals surface area contributed by atoms with Crippen molar-refractivity contribution in [2.75, 3.05) is 39.6 Å². The second kappa shape index (κ2) is 8.03. The molecule has 0 N–H and O–H groups in total. The van der Waals surface area contributed by atoms with Gasteiger partial charge in [0.1, 0.15) is 5.75 Å². The summed E-state index contributed by atoms with van der Waals surface area (Å²) < 4.78 is 16.3. The SMILES string of the molecule is Cc1ccc(OCC(=O)N2CCN(C(=O)c3ccc4c(c3)OCO4)CC2)cc1C. The van der Waals surface area contributed by atoms with Crippen molar-refractivity contribution in [3.8, 4) is 17.2 Å². The van der Waals surface area contributed by atoms with Crippen LogP contribution in [0.4, 0.5) is 0 Å². The summed E-state index contributed by atoms with van der Waals surface area (Å²) in [4.78, 5) is 28.7. The molecule has 0 spiro atoms. The summed E-state index contributed by atoms with van der Waals surface area (Å²) in [5.41, 5.74) is 2.88. The highest BCUT2D eigenvalue weighted by atomic mass is 16.7. The molecule has 29 heavy (non-hydrogen) atoms. The highest BCUT2D eigenvalue weighted by Gasteiger charge is 2.26. The summed E-state index contributed by atoms with van der Waals surface area (Å²) in [6, 6.07) is 11.0. The molecular weight excluding hydrogens is 372 g/mol. The minimum absolute atomic E-state index is 0.00138. The van der Waals surface area contributed by atoms with Gasteiger partial charge >= 0.3 is 0 Å². The molecule has 2 aliphatic heterocycles. The fourth-order valence-corrected chi connectivity index (χ4v) is 3.41. The lowest BCUT2D eigenvalue weighted by Crippen LogP contribution is -2.51. The minimum atomic E-state index is -0.0709. The average Bonchev–Trinajstić information content (AvgIpc) is 3.22. The van der Waals surface area contributed by atoms with Crippen LogP contribution < -0.4 is 14.2 Å². The van der Waals surface area contributed by atoms with E-state index >= 15 is 0 Å². The summed E-state index contributed by atoms with van der Waals surface area (Å²) in [7, 11) is 0. The van der Waals surface area contributed by atoms with E-state index in [0.29, 0.717) is 49.0 Å². The van der Waals surface area contributed by atoms with E-state index in [0.717, 1.165) is 5.56 Å². The fourth-order valence-electron chi connectivity index (χ4n) is 3.41. The molecule has 0 aromatic heterocycles. The lowest BCUT2D eigenvalue weighted by Gasteiger charge is -2.34. The van der Waals surface area contributed by atoms with Gasteiger partial charge in [-0.1, -0.05) is 6.07 Å². The average molecular weight is 396 g/mol. The van der Waals surface area contributed by atoms with Crippen LogP contribution in [-0.4, -0.2) is 61.2 Å². The first kappa shape index (κ1) is 19.1. The Morgan fingerprint density at radius 2 is 1.62 bits per heavy atom. The molecule has 0 atom stereocenters. The van der Waals surface area contributed by atoms with Crippen LogP contribution in [0.2, 0.25) is 0 Å². The summed E-state index contributed by atoms with van der Waals surface area (Å²) in [5.74, 6) is 1.80. The number of carbonyl (C=O) groups is 2. The number of carbonyl (C=O) groups excluding carboxylic acids is 2. The van der Waals surface area contributed by atoms with Gasteiger partial charge in [0.05, 0.1) is 0 Å². The van der Waals surface area contributed by atoms with Crippen molar-refractivity contribution in [1.82, 2.24) is 9.80 Å². The third-order valence-corrected chi connectivity index (χ3v) is 5.38. The predicted molar refractivity (Wildman–Crippen MR) is 106 cm³/mol. The Morgan fingerprint density at radius 1 is 0.897 bits per heavy atom. The lowest BCUT2D eigenvalue weighted by atomic mass is 10.1. The van der Waals surface area contributed by atoms with E-state index in [1.807, 2.05) is 32.0 Å². The van der Waals surface area contributed by atoms with E-state index in [4.69, 9.17) is 14.2 Å². The number of nitrogens with zero attached hydrogens (tertiary/aromatic N) is 2. The first-order valence-electron chi connectivity index (χ1n) is 9.68. The van der Waals surface area contributed by atoms with Crippen LogP contribution in [0, 0.1) is 13.8 Å². The molecule has 2 aliphatic rings. The number of piperazine rings is 1. The molecule has 2 heterocycles. The van der Waals surface area contributed by atoms with Gasteiger partial charge in [-0.15, -0.1) is 0 Å². The number of amides is 2. The van der Waals surface area contributed by atoms with Crippen LogP contribution in [0.15, 0.2) is 36.4 Å². The van der Waals surface area contributed by atoms with Gasteiger partial charge < -0.3 is 24.0 Å². The molecule has 7 nitrogen and oxygen atoms in total. The largest absolute Gasteiger partial charge is 0.484 e. The molecule has 1 saturated heterocycles. The van der Waals surface area contributed by atoms with Crippen LogP contribution in [-0.2, 0) is 4.79 Å². The Morgan fingerprint density at radius 3 is 2.38 bits per heavy atom. The maximum absolute atomic E-state index is 12.7. The molecule has 2 amide bonds. The molecule has 152 valence electrons. The molecule has 4 rings (SSSR count). The molecule has 0 bridgehead atoms. The second-order valence-corrected chi connectivity index (χ2v) is 7.28. The number of fused-ring (bicyclic) bond motifs is 1. The number of hydrogen-bond acceptors (Lipinski definition) is 5. The zero-order valence-corrected chi connectivity index (χ0v) is 16.6. The standard InChI is InChI=1S/C22H24N2O5/c1-15-3-5-18(11-16(15)2)27-13-21(25)23-7-9-24(10-8-23)22(26)17-4-6-19-20(12-17)29-14-28-19/h3-6,11-12H,7-10,13-14H2,1-2H3. The van der Waals surface area contributed by atoms with Crippen molar-refractivity contribution in [3.63, 3.8) is 0 Å². The molecule has 0 radical (unpaired) electrons. The van der Waals surface area contributed by atoms with E-state index in [9.17, 15) is 9.59 Å². The van der Waals surface area contributed by atoms with Crippen molar-refractivity contribution < 1.29 is 23.8 Å². The van der Waals surface area contributed by atoms with Crippen molar-refractivity contribution in [3.05, 3.63) is 53.1 Å². The second-order valence-electron chi connectivity index (χ2n) is 7.28. The Bertz CT molecular complexity index is 935. The van der Waals surface area contributed by atoms with Crippen molar-refractivity contribution >= 4 is 11.8 Å². The Balaban J connectivity index is 1.29. The first-order valence-corrected chi connectivity index (χ1v) is 9.68. The third kappa shape index (κ3) is 4.13. The van der Waals surface area contributed by atoms with Gasteiger partial charge in [0.2, 0.25) is 6.79 Å². The van der Waals surface area contributed by atoms with E-state index in [1.165, 1.54) is 5.56 Å². The van der Waals surface area contributed by atoms with Crippen molar-refractivity contribution in [2.45, 2.75) is 13.8 Å². The van der Waals surface area contributed by atoms with Crippen LogP contribution in [0.3, 0.4) is 0 Å². The molecular formula is C22H24N2O5. The van der Waals surface area contributed by atoms with Gasteiger partial charge in [0.15, 0.2) is 18.1 Å². The predicted octanol–water partition coefficient (Wildman–Crippen LogP) is 2.40. The van der Waals surface area contributed by atoms with Crippen LogP contribution >= 0.6 is 0 Å². The van der Waals surface area contributed by atoms with Gasteiger partial charge in [-0.3, -0.25) is 9.59 Å². The monoisotopic (exact) mass is 396 g/mol. The summed E-state index contributed by atoms with van der Waals surface area (Å²) >= 11 is 0. The third-order valence-electron chi connectivity index (χ3n) is 5.38. The fraction of sp³-hybridized carbons (Fsp3) is 0.364. The molecule has 0 unspecified atom stereocenters. The lowest BCUT2D eigenvalue weighted by molar-refractivity contribution is -0.134. The number of aryl methyl sites for hydroxylation is 2. The van der Waals surface area contributed by atoms with E-state index in [2.05, 4.69) is 0 Å². The van der Waals surface area contributed by atoms with Gasteiger partial charge in [0, 0.05) is 31.7 Å². The zero-order valence-electron chi connectivity index (χ0n) is 16.6. The Kier molecular flexibility index (Phi) is 5.29. The van der Waals surface area contributed by atoms with E-state index in [1.54, 1.807) is 28.0 Å². The quantitative estimate of drug-likeness (QED) is 0.794. The smallest absolute Gasteiger partial charge is 0.260 e. The molecule has 1 fully saturated rings. The summed E-state index contributed by atoms with van der Waals surface area (Å²) in [5, 5.41) is 0. The summed E-state index contributed by atoms with van der Waals surface area (Å²) in [6.45, 7) is 6.19. The van der Waals surface area contributed by atoms with E-state index in [-0.39, 0.29) is 25.2 Å². The Hall–Kier alpha value is -3.22. The number of benzene rings is 2. The number of ether oxygens (including phenoxy) is 3. The zero-order chi connectivity index (χ0) is 20.4. The van der Waals surface area contributed by atoms with E-state index < -0.39 is 0 Å². The van der Waals surface area contributed by atoms with Crippen LogP contribution in [0.5, 0.6) is 17.2 Å². The maximum Gasteiger partial charge on any atom is 0.260 e. The summed E-state index contributed by atoms with van der Waals surface area (Å²) in [6.07, 6.45) is 0. The molecule has 2 aromatic rings. The van der Waals surface area contributed by atoms with Crippen LogP contribution in [0.1, 0.15) is 21.5 Å².